The van der Waals surface area contributed by atoms with Crippen molar-refractivity contribution in [3.05, 3.63) is 69.0 Å². The molecule has 0 aliphatic rings. The molecule has 0 atom stereocenters. The number of carbonyl (C=O) groups is 1. The summed E-state index contributed by atoms with van der Waals surface area (Å²) in [6.07, 6.45) is 1.06. The van der Waals surface area contributed by atoms with E-state index in [1.807, 2.05) is 6.92 Å². The number of rotatable bonds is 6. The molecule has 0 spiro atoms. The van der Waals surface area contributed by atoms with Crippen LogP contribution in [0.3, 0.4) is 0 Å². The van der Waals surface area contributed by atoms with E-state index in [0.717, 1.165) is 11.1 Å². The maximum absolute atomic E-state index is 14.0. The molecule has 1 aromatic carbocycles. The first-order chi connectivity index (χ1) is 14.1. The second-order valence-electron chi connectivity index (χ2n) is 7.27. The minimum atomic E-state index is -1.22. The molecule has 3 aromatic rings. The molecular weight excluding hydrogens is 412 g/mol. The number of halogens is 2. The Morgan fingerprint density at radius 1 is 1.17 bits per heavy atom. The summed E-state index contributed by atoms with van der Waals surface area (Å²) in [5, 5.41) is 10.1. The first-order valence-corrected chi connectivity index (χ1v) is 9.90. The minimum absolute atomic E-state index is 0.0635. The first-order valence-electron chi connectivity index (χ1n) is 9.08. The Labute approximate surface area is 176 Å². The maximum atomic E-state index is 14.0. The Morgan fingerprint density at radius 3 is 2.57 bits per heavy atom. The zero-order chi connectivity index (χ0) is 22.1. The van der Waals surface area contributed by atoms with Crippen LogP contribution in [0.5, 0.6) is 5.75 Å². The van der Waals surface area contributed by atoms with Crippen molar-refractivity contribution >= 4 is 17.3 Å². The third-order valence-corrected chi connectivity index (χ3v) is 5.47. The summed E-state index contributed by atoms with van der Waals surface area (Å²) in [5.74, 6) is -1.42. The SMILES string of the molecule is COC(=O)c1cc(-c2ncc(F)cc2OCc2cc(F)cc(C(C)(C)O)c2)c(C)s1. The minimum Gasteiger partial charge on any atom is -0.487 e. The highest BCUT2D eigenvalue weighted by Crippen LogP contribution is 2.36. The van der Waals surface area contributed by atoms with Crippen molar-refractivity contribution in [2.45, 2.75) is 33.0 Å². The number of aryl methyl sites for hydroxylation is 1. The molecule has 2 aromatic heterocycles. The second kappa shape index (κ2) is 8.49. The van der Waals surface area contributed by atoms with E-state index >= 15 is 0 Å². The van der Waals surface area contributed by atoms with Gasteiger partial charge in [-0.25, -0.2) is 18.6 Å². The number of benzene rings is 1. The Morgan fingerprint density at radius 2 is 1.90 bits per heavy atom. The molecule has 0 saturated heterocycles. The van der Waals surface area contributed by atoms with Crippen LogP contribution in [-0.4, -0.2) is 23.2 Å². The number of esters is 1. The smallest absolute Gasteiger partial charge is 0.348 e. The fourth-order valence-corrected chi connectivity index (χ4v) is 3.84. The molecule has 0 aliphatic carbocycles. The monoisotopic (exact) mass is 433 g/mol. The van der Waals surface area contributed by atoms with Gasteiger partial charge in [0.05, 0.1) is 18.9 Å². The number of aromatic nitrogens is 1. The Kier molecular flexibility index (Phi) is 6.19. The van der Waals surface area contributed by atoms with Crippen LogP contribution in [0.25, 0.3) is 11.3 Å². The lowest BCUT2D eigenvalue weighted by Gasteiger charge is -2.19. The molecule has 0 aliphatic heterocycles. The number of methoxy groups -OCH3 is 1. The van der Waals surface area contributed by atoms with Crippen molar-refractivity contribution in [2.75, 3.05) is 7.11 Å². The fraction of sp³-hybridized carbons (Fsp3) is 0.273. The predicted octanol–water partition coefficient (Wildman–Crippen LogP) is 4.99. The van der Waals surface area contributed by atoms with Gasteiger partial charge in [0.1, 0.15) is 34.6 Å². The average molecular weight is 433 g/mol. The van der Waals surface area contributed by atoms with Gasteiger partial charge in [0.25, 0.3) is 0 Å². The van der Waals surface area contributed by atoms with E-state index in [1.165, 1.54) is 36.6 Å². The highest BCUT2D eigenvalue weighted by atomic mass is 32.1. The van der Waals surface area contributed by atoms with E-state index in [1.54, 1.807) is 26.0 Å². The molecule has 5 nitrogen and oxygen atoms in total. The van der Waals surface area contributed by atoms with Crippen LogP contribution in [0.4, 0.5) is 8.78 Å². The van der Waals surface area contributed by atoms with Gasteiger partial charge < -0.3 is 14.6 Å². The molecule has 0 fully saturated rings. The molecule has 0 saturated carbocycles. The maximum Gasteiger partial charge on any atom is 0.348 e. The Hall–Kier alpha value is -2.84. The molecular formula is C22H21F2NO4S. The van der Waals surface area contributed by atoms with Crippen LogP contribution in [0.15, 0.2) is 36.5 Å². The van der Waals surface area contributed by atoms with Gasteiger partial charge in [-0.1, -0.05) is 0 Å². The van der Waals surface area contributed by atoms with Gasteiger partial charge in [-0.05, 0) is 56.2 Å². The van der Waals surface area contributed by atoms with Gasteiger partial charge in [0, 0.05) is 16.5 Å². The third kappa shape index (κ3) is 4.83. The standard InChI is InChI=1S/C22H21F2NO4S/c1-12-17(9-19(30-12)21(26)28-4)20-18(8-16(24)10-25-20)29-11-13-5-14(22(2,3)27)7-15(23)6-13/h5-10,27H,11H2,1-4H3. The summed E-state index contributed by atoms with van der Waals surface area (Å²) in [5.41, 5.74) is 0.626. The van der Waals surface area contributed by atoms with Crippen molar-refractivity contribution in [3.8, 4) is 17.0 Å². The molecule has 30 heavy (non-hydrogen) atoms. The lowest BCUT2D eigenvalue weighted by atomic mass is 9.96. The van der Waals surface area contributed by atoms with E-state index in [9.17, 15) is 18.7 Å². The number of nitrogens with zero attached hydrogens (tertiary/aromatic N) is 1. The number of carbonyl (C=O) groups excluding carboxylic acids is 1. The molecule has 2 heterocycles. The third-order valence-electron chi connectivity index (χ3n) is 4.44. The van der Waals surface area contributed by atoms with E-state index in [-0.39, 0.29) is 12.4 Å². The lowest BCUT2D eigenvalue weighted by Crippen LogP contribution is -2.16. The zero-order valence-electron chi connectivity index (χ0n) is 17.0. The Bertz CT molecular complexity index is 1090. The van der Waals surface area contributed by atoms with Crippen LogP contribution in [0, 0.1) is 18.6 Å². The number of hydrogen-bond acceptors (Lipinski definition) is 6. The predicted molar refractivity (Wildman–Crippen MR) is 110 cm³/mol. The summed E-state index contributed by atoms with van der Waals surface area (Å²) in [7, 11) is 1.29. The summed E-state index contributed by atoms with van der Waals surface area (Å²) in [6, 6.07) is 6.97. The first kappa shape index (κ1) is 21.9. The van der Waals surface area contributed by atoms with Crippen LogP contribution in [-0.2, 0) is 16.9 Å². The molecule has 1 N–H and O–H groups in total. The van der Waals surface area contributed by atoms with E-state index in [2.05, 4.69) is 4.98 Å². The number of pyridine rings is 1. The van der Waals surface area contributed by atoms with Gasteiger partial charge in [0.15, 0.2) is 0 Å². The molecule has 158 valence electrons. The second-order valence-corrected chi connectivity index (χ2v) is 8.52. The molecule has 0 amide bonds. The van der Waals surface area contributed by atoms with E-state index < -0.39 is 23.2 Å². The highest BCUT2D eigenvalue weighted by Gasteiger charge is 2.20. The molecule has 3 rings (SSSR count). The molecule has 0 bridgehead atoms. The van der Waals surface area contributed by atoms with Crippen molar-refractivity contribution in [1.29, 1.82) is 0 Å². The van der Waals surface area contributed by atoms with Gasteiger partial charge in [-0.2, -0.15) is 0 Å². The van der Waals surface area contributed by atoms with Crippen molar-refractivity contribution in [3.63, 3.8) is 0 Å². The van der Waals surface area contributed by atoms with Crippen LogP contribution in [0.2, 0.25) is 0 Å². The van der Waals surface area contributed by atoms with Gasteiger partial charge in [-0.3, -0.25) is 0 Å². The summed E-state index contributed by atoms with van der Waals surface area (Å²) in [6.45, 7) is 4.86. The van der Waals surface area contributed by atoms with E-state index in [0.29, 0.717) is 27.3 Å². The number of aliphatic hydroxyl groups is 1. The number of hydrogen-bond donors (Lipinski definition) is 1. The largest absolute Gasteiger partial charge is 0.487 e. The van der Waals surface area contributed by atoms with Gasteiger partial charge in [0.2, 0.25) is 0 Å². The quantitative estimate of drug-likeness (QED) is 0.555. The van der Waals surface area contributed by atoms with Crippen molar-refractivity contribution in [1.82, 2.24) is 4.98 Å². The topological polar surface area (TPSA) is 68.7 Å². The number of ether oxygens (including phenoxy) is 2. The average Bonchev–Trinajstić information content (AvgIpc) is 3.06. The number of thiophene rings is 1. The molecule has 8 heteroatoms. The van der Waals surface area contributed by atoms with Gasteiger partial charge in [-0.15, -0.1) is 11.3 Å². The van der Waals surface area contributed by atoms with Crippen molar-refractivity contribution in [2.24, 2.45) is 0 Å². The molecule has 0 radical (unpaired) electrons. The highest BCUT2D eigenvalue weighted by molar-refractivity contribution is 7.14. The lowest BCUT2D eigenvalue weighted by molar-refractivity contribution is 0.0606. The van der Waals surface area contributed by atoms with Crippen LogP contribution < -0.4 is 4.74 Å². The van der Waals surface area contributed by atoms with Crippen LogP contribution in [0.1, 0.15) is 39.5 Å². The summed E-state index contributed by atoms with van der Waals surface area (Å²) in [4.78, 5) is 17.1. The fourth-order valence-electron chi connectivity index (χ4n) is 2.90. The normalized spacial score (nSPS) is 11.4. The zero-order valence-corrected chi connectivity index (χ0v) is 17.8. The molecule has 0 unspecified atom stereocenters. The van der Waals surface area contributed by atoms with Gasteiger partial charge >= 0.3 is 5.97 Å². The summed E-state index contributed by atoms with van der Waals surface area (Å²) >= 11 is 1.23. The van der Waals surface area contributed by atoms with Crippen molar-refractivity contribution < 1.29 is 28.2 Å². The van der Waals surface area contributed by atoms with Crippen LogP contribution >= 0.6 is 11.3 Å². The van der Waals surface area contributed by atoms with E-state index in [4.69, 9.17) is 9.47 Å². The Balaban J connectivity index is 1.94. The summed E-state index contributed by atoms with van der Waals surface area (Å²) < 4.78 is 38.3.